The van der Waals surface area contributed by atoms with E-state index in [2.05, 4.69) is 0 Å². The lowest BCUT2D eigenvalue weighted by atomic mass is 9.81. The molecule has 0 heterocycles. The van der Waals surface area contributed by atoms with Crippen LogP contribution in [-0.2, 0) is 28.9 Å². The Morgan fingerprint density at radius 3 is 2.33 bits per heavy atom. The zero-order chi connectivity index (χ0) is 22.3. The number of ketones is 3. The van der Waals surface area contributed by atoms with Crippen molar-refractivity contribution in [3.05, 3.63) is 22.7 Å². The smallest absolute Gasteiger partial charge is 0.182 e. The van der Waals surface area contributed by atoms with Crippen molar-refractivity contribution in [2.75, 3.05) is 39.3 Å². The maximum atomic E-state index is 12.9. The second kappa shape index (κ2) is 11.0. The Morgan fingerprint density at radius 1 is 1.10 bits per heavy atom. The van der Waals surface area contributed by atoms with Crippen molar-refractivity contribution < 1.29 is 37.0 Å². The number of benzene rings is 1. The van der Waals surface area contributed by atoms with Crippen LogP contribution in [0.2, 0.25) is 5.02 Å². The average Bonchev–Trinajstić information content (AvgIpc) is 2.71. The number of rotatable bonds is 11. The van der Waals surface area contributed by atoms with E-state index >= 15 is 0 Å². The van der Waals surface area contributed by atoms with Crippen molar-refractivity contribution in [1.82, 2.24) is 0 Å². The monoisotopic (exact) mass is 460 g/mol. The number of hydrogen-bond donors (Lipinski definition) is 0. The Bertz CT molecular complexity index is 894. The van der Waals surface area contributed by atoms with Crippen molar-refractivity contribution in [2.24, 2.45) is 5.92 Å². The van der Waals surface area contributed by atoms with Crippen molar-refractivity contribution in [3.8, 4) is 5.75 Å². The molecule has 0 bridgehead atoms. The van der Waals surface area contributed by atoms with Crippen molar-refractivity contribution in [3.63, 3.8) is 0 Å². The van der Waals surface area contributed by atoms with Gasteiger partial charge in [0.25, 0.3) is 0 Å². The lowest BCUT2D eigenvalue weighted by molar-refractivity contribution is -0.133. The van der Waals surface area contributed by atoms with Crippen LogP contribution in [0.25, 0.3) is 0 Å². The van der Waals surface area contributed by atoms with E-state index in [4.69, 9.17) is 25.8 Å². The number of carbonyl (C=O) groups is 3. The Morgan fingerprint density at radius 2 is 1.73 bits per heavy atom. The SMILES string of the molecule is CCS(=O)(=O)c1ccc(C(=O)C2C(=O)CCCC2=O)c(Cl)c1OCCOCCOC. The Labute approximate surface area is 180 Å². The molecule has 0 N–H and O–H groups in total. The first-order valence-electron chi connectivity index (χ1n) is 9.59. The third kappa shape index (κ3) is 5.66. The van der Waals surface area contributed by atoms with Gasteiger partial charge in [0.2, 0.25) is 0 Å². The zero-order valence-corrected chi connectivity index (χ0v) is 18.5. The summed E-state index contributed by atoms with van der Waals surface area (Å²) in [4.78, 5) is 37.0. The molecule has 10 heteroatoms. The molecule has 166 valence electrons. The third-order valence-corrected chi connectivity index (χ3v) is 6.83. The highest BCUT2D eigenvalue weighted by atomic mass is 35.5. The minimum absolute atomic E-state index is 0.0192. The molecule has 30 heavy (non-hydrogen) atoms. The maximum absolute atomic E-state index is 12.9. The normalized spacial score (nSPS) is 15.4. The highest BCUT2D eigenvalue weighted by molar-refractivity contribution is 7.91. The van der Waals surface area contributed by atoms with Crippen LogP contribution in [-0.4, -0.2) is 65.1 Å². The molecule has 1 saturated carbocycles. The van der Waals surface area contributed by atoms with E-state index in [9.17, 15) is 22.8 Å². The summed E-state index contributed by atoms with van der Waals surface area (Å²) in [5, 5.41) is -0.238. The van der Waals surface area contributed by atoms with Gasteiger partial charge in [-0.05, 0) is 18.6 Å². The van der Waals surface area contributed by atoms with Crippen molar-refractivity contribution in [1.29, 1.82) is 0 Å². The molecule has 0 aromatic heterocycles. The average molecular weight is 461 g/mol. The number of Topliss-reactive ketones (excluding diaryl/α,β-unsaturated/α-hetero) is 3. The van der Waals surface area contributed by atoms with Gasteiger partial charge >= 0.3 is 0 Å². The summed E-state index contributed by atoms with van der Waals surface area (Å²) < 4.78 is 40.6. The summed E-state index contributed by atoms with van der Waals surface area (Å²) >= 11 is 6.36. The fraction of sp³-hybridized carbons (Fsp3) is 0.550. The minimum atomic E-state index is -3.71. The molecular weight excluding hydrogens is 436 g/mol. The minimum Gasteiger partial charge on any atom is -0.488 e. The summed E-state index contributed by atoms with van der Waals surface area (Å²) in [5.41, 5.74) is -0.115. The lowest BCUT2D eigenvalue weighted by Crippen LogP contribution is -2.35. The van der Waals surface area contributed by atoms with Crippen LogP contribution in [0.1, 0.15) is 36.5 Å². The standard InChI is InChI=1S/C20H25ClO8S/c1-3-30(25,26)16-8-7-13(19(24)17-14(22)5-4-6-15(17)23)18(21)20(16)29-12-11-28-10-9-27-2/h7-8,17H,3-6,9-12H2,1-2H3. The quantitative estimate of drug-likeness (QED) is 0.281. The molecule has 0 amide bonds. The van der Waals surface area contributed by atoms with Gasteiger partial charge in [-0.25, -0.2) is 8.42 Å². The summed E-state index contributed by atoms with van der Waals surface area (Å²) in [6, 6.07) is 2.45. The first-order valence-corrected chi connectivity index (χ1v) is 11.6. The van der Waals surface area contributed by atoms with E-state index in [1.807, 2.05) is 0 Å². The highest BCUT2D eigenvalue weighted by Crippen LogP contribution is 2.37. The molecule has 1 aliphatic carbocycles. The number of ether oxygens (including phenoxy) is 3. The van der Waals surface area contributed by atoms with E-state index < -0.39 is 33.1 Å². The molecule has 8 nitrogen and oxygen atoms in total. The molecular formula is C20H25ClO8S. The maximum Gasteiger partial charge on any atom is 0.182 e. The first-order chi connectivity index (χ1) is 14.2. The van der Waals surface area contributed by atoms with Crippen LogP contribution in [0.3, 0.4) is 0 Å². The van der Waals surface area contributed by atoms with Gasteiger partial charge in [-0.1, -0.05) is 18.5 Å². The van der Waals surface area contributed by atoms with Gasteiger partial charge in [-0.2, -0.15) is 0 Å². The van der Waals surface area contributed by atoms with Gasteiger partial charge in [0.05, 0.1) is 30.6 Å². The topological polar surface area (TPSA) is 113 Å². The van der Waals surface area contributed by atoms with E-state index in [0.717, 1.165) is 0 Å². The Kier molecular flexibility index (Phi) is 8.96. The second-order valence-electron chi connectivity index (χ2n) is 6.69. The third-order valence-electron chi connectivity index (χ3n) is 4.70. The van der Waals surface area contributed by atoms with Gasteiger partial charge in [-0.3, -0.25) is 14.4 Å². The summed E-state index contributed by atoms with van der Waals surface area (Å²) in [5.74, 6) is -3.43. The van der Waals surface area contributed by atoms with Gasteiger partial charge in [0.1, 0.15) is 17.4 Å². The van der Waals surface area contributed by atoms with Crippen LogP contribution in [0.5, 0.6) is 5.75 Å². The molecule has 0 radical (unpaired) electrons. The fourth-order valence-electron chi connectivity index (χ4n) is 3.06. The lowest BCUT2D eigenvalue weighted by Gasteiger charge is -2.20. The molecule has 0 saturated heterocycles. The number of halogens is 1. The van der Waals surface area contributed by atoms with E-state index in [1.54, 1.807) is 0 Å². The van der Waals surface area contributed by atoms with Crippen LogP contribution < -0.4 is 4.74 Å². The number of sulfone groups is 1. The summed E-state index contributed by atoms with van der Waals surface area (Å²) in [6.45, 7) is 2.32. The van der Waals surface area contributed by atoms with E-state index in [0.29, 0.717) is 19.6 Å². The number of hydrogen-bond acceptors (Lipinski definition) is 8. The molecule has 0 aliphatic heterocycles. The van der Waals surface area contributed by atoms with E-state index in [-0.39, 0.29) is 53.0 Å². The second-order valence-corrected chi connectivity index (χ2v) is 9.32. The molecule has 1 aliphatic rings. The molecule has 0 unspecified atom stereocenters. The van der Waals surface area contributed by atoms with Gasteiger partial charge in [-0.15, -0.1) is 0 Å². The largest absolute Gasteiger partial charge is 0.488 e. The number of carbonyl (C=O) groups excluding carboxylic acids is 3. The highest BCUT2D eigenvalue weighted by Gasteiger charge is 2.38. The molecule has 2 rings (SSSR count). The Balaban J connectivity index is 2.35. The predicted octanol–water partition coefficient (Wildman–Crippen LogP) is 2.30. The van der Waals surface area contributed by atoms with Crippen LogP contribution >= 0.6 is 11.6 Å². The van der Waals surface area contributed by atoms with E-state index in [1.165, 1.54) is 26.2 Å². The predicted molar refractivity (Wildman–Crippen MR) is 109 cm³/mol. The summed E-state index contributed by atoms with van der Waals surface area (Å²) in [6.07, 6.45) is 0.703. The van der Waals surface area contributed by atoms with Gasteiger partial charge < -0.3 is 14.2 Å². The van der Waals surface area contributed by atoms with Crippen LogP contribution in [0.15, 0.2) is 17.0 Å². The molecule has 1 aromatic rings. The molecule has 1 aromatic carbocycles. The Hall–Kier alpha value is -1.81. The van der Waals surface area contributed by atoms with Crippen molar-refractivity contribution >= 4 is 38.8 Å². The fourth-order valence-corrected chi connectivity index (χ4v) is 4.46. The first kappa shape index (κ1) is 24.5. The van der Waals surface area contributed by atoms with Gasteiger partial charge in [0, 0.05) is 25.5 Å². The summed E-state index contributed by atoms with van der Waals surface area (Å²) in [7, 11) is -2.17. The van der Waals surface area contributed by atoms with Crippen LogP contribution in [0, 0.1) is 5.92 Å². The van der Waals surface area contributed by atoms with Crippen LogP contribution in [0.4, 0.5) is 0 Å². The molecule has 0 spiro atoms. The molecule has 0 atom stereocenters. The zero-order valence-electron chi connectivity index (χ0n) is 16.9. The molecule has 1 fully saturated rings. The van der Waals surface area contributed by atoms with Crippen molar-refractivity contribution in [2.45, 2.75) is 31.1 Å². The van der Waals surface area contributed by atoms with Gasteiger partial charge in [0.15, 0.2) is 32.9 Å². The number of methoxy groups -OCH3 is 1.